The average Bonchev–Trinajstić information content (AvgIpc) is 3.90. The van der Waals surface area contributed by atoms with Gasteiger partial charge in [0, 0.05) is 27.2 Å². The summed E-state index contributed by atoms with van der Waals surface area (Å²) in [6.07, 6.45) is 0. The molecule has 0 bridgehead atoms. The Morgan fingerprint density at radius 3 is 1.49 bits per heavy atom. The van der Waals surface area contributed by atoms with Gasteiger partial charge < -0.3 is 8.98 Å². The fourth-order valence-corrected chi connectivity index (χ4v) is 9.54. The smallest absolute Gasteiger partial charge is 0.135 e. The first kappa shape index (κ1) is 27.2. The molecule has 2 aliphatic rings. The highest BCUT2D eigenvalue weighted by molar-refractivity contribution is 6.11. The van der Waals surface area contributed by atoms with Gasteiger partial charge in [0.15, 0.2) is 0 Å². The summed E-state index contributed by atoms with van der Waals surface area (Å²) in [5.74, 6) is 0. The number of para-hydroxylation sites is 2. The van der Waals surface area contributed by atoms with Crippen LogP contribution in [0.15, 0.2) is 180 Å². The van der Waals surface area contributed by atoms with Crippen molar-refractivity contribution in [2.24, 2.45) is 0 Å². The summed E-state index contributed by atoms with van der Waals surface area (Å²) >= 11 is 0. The molecule has 0 unspecified atom stereocenters. The lowest BCUT2D eigenvalue weighted by Crippen LogP contribution is -2.25. The SMILES string of the molecule is c1ccc2c(c1)-c1ccccc1C21c2ccccc2-c2cc3c(cc21)oc1ccc(-c2ccc(-n4c5ccccc5c5ccccc54)cc2)cc13. The molecule has 10 aromatic rings. The minimum atomic E-state index is -0.379. The molecule has 0 fully saturated rings. The van der Waals surface area contributed by atoms with Gasteiger partial charge in [-0.25, -0.2) is 0 Å². The third kappa shape index (κ3) is 3.42. The van der Waals surface area contributed by atoms with Crippen LogP contribution in [-0.4, -0.2) is 4.57 Å². The second kappa shape index (κ2) is 9.74. The highest BCUT2D eigenvalue weighted by Crippen LogP contribution is 2.63. The molecule has 8 aromatic carbocycles. The van der Waals surface area contributed by atoms with Crippen LogP contribution in [0.2, 0.25) is 0 Å². The van der Waals surface area contributed by atoms with E-state index in [1.54, 1.807) is 0 Å². The van der Waals surface area contributed by atoms with Gasteiger partial charge in [-0.2, -0.15) is 0 Å². The normalized spacial score (nSPS) is 13.6. The summed E-state index contributed by atoms with van der Waals surface area (Å²) in [5.41, 5.74) is 18.0. The molecule has 236 valence electrons. The van der Waals surface area contributed by atoms with Crippen LogP contribution in [0.5, 0.6) is 0 Å². The molecule has 2 heterocycles. The molecule has 12 rings (SSSR count). The van der Waals surface area contributed by atoms with Crippen molar-refractivity contribution in [3.63, 3.8) is 0 Å². The molecule has 0 aliphatic heterocycles. The van der Waals surface area contributed by atoms with Gasteiger partial charge in [0.1, 0.15) is 11.2 Å². The zero-order chi connectivity index (χ0) is 33.3. The minimum absolute atomic E-state index is 0.379. The van der Waals surface area contributed by atoms with Gasteiger partial charge in [-0.1, -0.05) is 127 Å². The lowest BCUT2D eigenvalue weighted by atomic mass is 9.70. The number of furan rings is 1. The summed E-state index contributed by atoms with van der Waals surface area (Å²) < 4.78 is 9.06. The van der Waals surface area contributed by atoms with E-state index >= 15 is 0 Å². The highest BCUT2D eigenvalue weighted by atomic mass is 16.3. The Labute approximate surface area is 294 Å². The van der Waals surface area contributed by atoms with E-state index in [0.717, 1.165) is 27.6 Å². The van der Waals surface area contributed by atoms with Crippen LogP contribution in [0.25, 0.3) is 82.8 Å². The molecular formula is C49H29NO. The molecule has 0 saturated heterocycles. The Hall–Kier alpha value is -6.64. The maximum atomic E-state index is 6.69. The molecule has 2 heteroatoms. The van der Waals surface area contributed by atoms with Crippen molar-refractivity contribution in [3.8, 4) is 39.1 Å². The summed E-state index contributed by atoms with van der Waals surface area (Å²) in [6, 6.07) is 64.6. The van der Waals surface area contributed by atoms with Crippen molar-refractivity contribution in [2.45, 2.75) is 5.41 Å². The van der Waals surface area contributed by atoms with Crippen LogP contribution < -0.4 is 0 Å². The van der Waals surface area contributed by atoms with Crippen LogP contribution in [-0.2, 0) is 5.41 Å². The Kier molecular flexibility index (Phi) is 5.20. The van der Waals surface area contributed by atoms with Crippen molar-refractivity contribution in [2.75, 3.05) is 0 Å². The molecule has 0 N–H and O–H groups in total. The predicted octanol–water partition coefficient (Wildman–Crippen LogP) is 12.7. The van der Waals surface area contributed by atoms with Crippen molar-refractivity contribution in [1.29, 1.82) is 0 Å². The average molecular weight is 648 g/mol. The van der Waals surface area contributed by atoms with E-state index in [4.69, 9.17) is 4.42 Å². The van der Waals surface area contributed by atoms with Gasteiger partial charge in [-0.15, -0.1) is 0 Å². The first-order chi connectivity index (χ1) is 25.3. The number of rotatable bonds is 2. The Morgan fingerprint density at radius 2 is 0.863 bits per heavy atom. The largest absolute Gasteiger partial charge is 0.456 e. The molecule has 2 aromatic heterocycles. The first-order valence-corrected chi connectivity index (χ1v) is 17.7. The topological polar surface area (TPSA) is 18.1 Å². The van der Waals surface area contributed by atoms with E-state index in [1.807, 2.05) is 0 Å². The maximum absolute atomic E-state index is 6.69. The number of hydrogen-bond acceptors (Lipinski definition) is 1. The third-order valence-electron chi connectivity index (χ3n) is 11.6. The molecule has 0 atom stereocenters. The zero-order valence-corrected chi connectivity index (χ0v) is 27.6. The number of aromatic nitrogens is 1. The van der Waals surface area contributed by atoms with E-state index in [1.165, 1.54) is 77.4 Å². The second-order valence-corrected chi connectivity index (χ2v) is 14.0. The molecule has 0 radical (unpaired) electrons. The second-order valence-electron chi connectivity index (χ2n) is 14.0. The lowest BCUT2D eigenvalue weighted by Gasteiger charge is -2.30. The quantitative estimate of drug-likeness (QED) is 0.183. The van der Waals surface area contributed by atoms with Gasteiger partial charge in [0.25, 0.3) is 0 Å². The van der Waals surface area contributed by atoms with Gasteiger partial charge in [0.2, 0.25) is 0 Å². The fraction of sp³-hybridized carbons (Fsp3) is 0.0204. The van der Waals surface area contributed by atoms with E-state index in [2.05, 4.69) is 180 Å². The molecule has 0 amide bonds. The Balaban J connectivity index is 1.03. The number of hydrogen-bond donors (Lipinski definition) is 0. The van der Waals surface area contributed by atoms with Crippen LogP contribution in [0, 0.1) is 0 Å². The molecule has 2 aliphatic carbocycles. The van der Waals surface area contributed by atoms with Gasteiger partial charge in [-0.3, -0.25) is 0 Å². The lowest BCUT2D eigenvalue weighted by molar-refractivity contribution is 0.666. The van der Waals surface area contributed by atoms with Gasteiger partial charge in [0.05, 0.1) is 16.4 Å². The highest BCUT2D eigenvalue weighted by Gasteiger charge is 2.51. The van der Waals surface area contributed by atoms with Crippen molar-refractivity contribution in [3.05, 3.63) is 198 Å². The van der Waals surface area contributed by atoms with E-state index in [9.17, 15) is 0 Å². The summed E-state index contributed by atoms with van der Waals surface area (Å²) in [5, 5.41) is 4.84. The number of benzene rings is 8. The van der Waals surface area contributed by atoms with Crippen molar-refractivity contribution < 1.29 is 4.42 Å². The monoisotopic (exact) mass is 647 g/mol. The van der Waals surface area contributed by atoms with E-state index in [0.29, 0.717) is 0 Å². The van der Waals surface area contributed by atoms with E-state index < -0.39 is 0 Å². The standard InChI is InChI=1S/C49H29NO/c1-6-16-41-33(11-1)34-12-2-7-17-42(34)49(41)43-18-8-3-13-35(43)38-28-40-39-27-31(23-26-47(39)51-48(40)29-44(38)49)30-21-24-32(25-22-30)50-45-19-9-4-14-36(45)37-15-5-10-20-46(37)50/h1-29H. The van der Waals surface area contributed by atoms with Gasteiger partial charge >= 0.3 is 0 Å². The summed E-state index contributed by atoms with van der Waals surface area (Å²) in [6.45, 7) is 0. The van der Waals surface area contributed by atoms with E-state index in [-0.39, 0.29) is 5.41 Å². The molecular weight excluding hydrogens is 619 g/mol. The molecule has 1 spiro atoms. The molecule has 51 heavy (non-hydrogen) atoms. The summed E-state index contributed by atoms with van der Waals surface area (Å²) in [7, 11) is 0. The van der Waals surface area contributed by atoms with Crippen LogP contribution in [0.3, 0.4) is 0 Å². The fourth-order valence-electron chi connectivity index (χ4n) is 9.54. The van der Waals surface area contributed by atoms with Crippen molar-refractivity contribution >= 4 is 43.7 Å². The van der Waals surface area contributed by atoms with Gasteiger partial charge in [-0.05, 0) is 104 Å². The molecule has 0 saturated carbocycles. The number of nitrogens with zero attached hydrogens (tertiary/aromatic N) is 1. The molecule has 2 nitrogen and oxygen atoms in total. The maximum Gasteiger partial charge on any atom is 0.135 e. The van der Waals surface area contributed by atoms with Crippen LogP contribution >= 0.6 is 0 Å². The predicted molar refractivity (Wildman–Crippen MR) is 210 cm³/mol. The Morgan fingerprint density at radius 1 is 0.353 bits per heavy atom. The van der Waals surface area contributed by atoms with Crippen LogP contribution in [0.4, 0.5) is 0 Å². The third-order valence-corrected chi connectivity index (χ3v) is 11.6. The van der Waals surface area contributed by atoms with Crippen LogP contribution in [0.1, 0.15) is 22.3 Å². The first-order valence-electron chi connectivity index (χ1n) is 17.7. The minimum Gasteiger partial charge on any atom is -0.456 e. The van der Waals surface area contributed by atoms with Crippen molar-refractivity contribution in [1.82, 2.24) is 4.57 Å². The number of fused-ring (bicyclic) bond motifs is 16. The summed E-state index contributed by atoms with van der Waals surface area (Å²) in [4.78, 5) is 0. The zero-order valence-electron chi connectivity index (χ0n) is 27.6. The Bertz CT molecular complexity index is 2980.